The summed E-state index contributed by atoms with van der Waals surface area (Å²) < 4.78 is 0. The van der Waals surface area contributed by atoms with Gasteiger partial charge in [-0.1, -0.05) is 13.8 Å². The van der Waals surface area contributed by atoms with Gasteiger partial charge < -0.3 is 26.4 Å². The lowest BCUT2D eigenvalue weighted by atomic mass is 10.0. The highest BCUT2D eigenvalue weighted by Gasteiger charge is 2.38. The number of nitrogens with zero attached hydrogens (tertiary/aromatic N) is 1. The van der Waals surface area contributed by atoms with Crippen LogP contribution >= 0.6 is 25.3 Å². The van der Waals surface area contributed by atoms with Crippen molar-refractivity contribution < 1.29 is 24.3 Å². The molecule has 5 N–H and O–H groups in total. The average molecular weight is 435 g/mol. The predicted octanol–water partition coefficient (Wildman–Crippen LogP) is -0.735. The van der Waals surface area contributed by atoms with Crippen LogP contribution < -0.4 is 16.4 Å². The summed E-state index contributed by atoms with van der Waals surface area (Å²) in [6, 6.07) is -3.58. The first-order valence-corrected chi connectivity index (χ1v) is 10.5. The van der Waals surface area contributed by atoms with Crippen LogP contribution in [0.5, 0.6) is 0 Å². The summed E-state index contributed by atoms with van der Waals surface area (Å²) in [4.78, 5) is 50.2. The van der Waals surface area contributed by atoms with Crippen LogP contribution in [0.25, 0.3) is 0 Å². The molecule has 4 unspecified atom stereocenters. The standard InChI is InChI=1S/C17H30N4O5S2/c1-9(2)6-11(17(25)26)19-15(23)13-4-3-5-21(13)16(24)12(8-28)20-14(22)10(18)7-27/h9-13,27-28H,3-8,18H2,1-2H3,(H,19,23)(H,20,22)(H,25,26). The number of hydrogen-bond donors (Lipinski definition) is 6. The Hall–Kier alpha value is -1.46. The van der Waals surface area contributed by atoms with Crippen molar-refractivity contribution in [1.29, 1.82) is 0 Å². The molecule has 1 fully saturated rings. The van der Waals surface area contributed by atoms with Crippen LogP contribution in [0.3, 0.4) is 0 Å². The molecule has 0 bridgehead atoms. The lowest BCUT2D eigenvalue weighted by molar-refractivity contribution is -0.145. The number of carboxylic acids is 1. The highest BCUT2D eigenvalue weighted by molar-refractivity contribution is 7.80. The Labute approximate surface area is 176 Å². The number of nitrogens with two attached hydrogens (primary N) is 1. The van der Waals surface area contributed by atoms with Gasteiger partial charge in [0.15, 0.2) is 0 Å². The van der Waals surface area contributed by atoms with Gasteiger partial charge in [0, 0.05) is 18.1 Å². The summed E-state index contributed by atoms with van der Waals surface area (Å²) in [6.07, 6.45) is 1.32. The topological polar surface area (TPSA) is 142 Å². The smallest absolute Gasteiger partial charge is 0.326 e. The molecule has 160 valence electrons. The normalized spacial score (nSPS) is 19.8. The van der Waals surface area contributed by atoms with Crippen LogP contribution in [0.15, 0.2) is 0 Å². The minimum Gasteiger partial charge on any atom is -0.480 e. The molecular weight excluding hydrogens is 404 g/mol. The third kappa shape index (κ3) is 6.85. The van der Waals surface area contributed by atoms with E-state index >= 15 is 0 Å². The van der Waals surface area contributed by atoms with Gasteiger partial charge in [-0.05, 0) is 25.2 Å². The highest BCUT2D eigenvalue weighted by atomic mass is 32.1. The maximum absolute atomic E-state index is 12.8. The number of aliphatic carboxylic acids is 1. The van der Waals surface area contributed by atoms with E-state index in [4.69, 9.17) is 5.73 Å². The summed E-state index contributed by atoms with van der Waals surface area (Å²) in [5, 5.41) is 14.4. The van der Waals surface area contributed by atoms with Gasteiger partial charge in [-0.15, -0.1) is 0 Å². The zero-order valence-corrected chi connectivity index (χ0v) is 17.9. The Balaban J connectivity index is 2.83. The highest BCUT2D eigenvalue weighted by Crippen LogP contribution is 2.19. The minimum atomic E-state index is -1.11. The van der Waals surface area contributed by atoms with Crippen molar-refractivity contribution >= 4 is 48.9 Å². The molecule has 1 aliphatic heterocycles. The van der Waals surface area contributed by atoms with Crippen molar-refractivity contribution in [1.82, 2.24) is 15.5 Å². The molecule has 11 heteroatoms. The summed E-state index contributed by atoms with van der Waals surface area (Å²) >= 11 is 8.08. The molecule has 4 atom stereocenters. The maximum atomic E-state index is 12.8. The molecule has 9 nitrogen and oxygen atoms in total. The third-order valence-electron chi connectivity index (χ3n) is 4.49. The molecule has 28 heavy (non-hydrogen) atoms. The monoisotopic (exact) mass is 434 g/mol. The van der Waals surface area contributed by atoms with E-state index in [9.17, 15) is 24.3 Å². The van der Waals surface area contributed by atoms with Gasteiger partial charge in [0.25, 0.3) is 0 Å². The summed E-state index contributed by atoms with van der Waals surface area (Å²) in [5.74, 6) is -2.33. The number of hydrogen-bond acceptors (Lipinski definition) is 7. The van der Waals surface area contributed by atoms with Crippen LogP contribution in [-0.2, 0) is 19.2 Å². The van der Waals surface area contributed by atoms with Crippen molar-refractivity contribution in [3.8, 4) is 0 Å². The SMILES string of the molecule is CC(C)CC(NC(=O)C1CCCN1C(=O)C(CS)NC(=O)C(N)CS)C(=O)O. The van der Waals surface area contributed by atoms with Crippen LogP contribution in [0.1, 0.15) is 33.1 Å². The number of carbonyl (C=O) groups excluding carboxylic acids is 3. The molecule has 0 aromatic carbocycles. The lowest BCUT2D eigenvalue weighted by Gasteiger charge is -2.29. The molecule has 1 aliphatic rings. The zero-order valence-electron chi connectivity index (χ0n) is 16.1. The van der Waals surface area contributed by atoms with E-state index in [2.05, 4.69) is 35.9 Å². The third-order valence-corrected chi connectivity index (χ3v) is 5.25. The van der Waals surface area contributed by atoms with E-state index in [0.717, 1.165) is 0 Å². The lowest BCUT2D eigenvalue weighted by Crippen LogP contribution is -2.57. The van der Waals surface area contributed by atoms with Crippen molar-refractivity contribution in [2.45, 2.75) is 57.3 Å². The molecule has 1 saturated heterocycles. The second-order valence-electron chi connectivity index (χ2n) is 7.25. The van der Waals surface area contributed by atoms with Gasteiger partial charge in [0.05, 0.1) is 6.04 Å². The first kappa shape index (κ1) is 24.6. The van der Waals surface area contributed by atoms with Crippen molar-refractivity contribution in [2.75, 3.05) is 18.1 Å². The van der Waals surface area contributed by atoms with Gasteiger partial charge in [0.1, 0.15) is 18.1 Å². The largest absolute Gasteiger partial charge is 0.480 e. The molecule has 0 aromatic rings. The number of likely N-dealkylation sites (tertiary alicyclic amines) is 1. The molecule has 0 radical (unpaired) electrons. The van der Waals surface area contributed by atoms with Gasteiger partial charge in [-0.2, -0.15) is 25.3 Å². The maximum Gasteiger partial charge on any atom is 0.326 e. The number of nitrogens with one attached hydrogen (secondary N) is 2. The molecule has 0 aliphatic carbocycles. The number of rotatable bonds is 10. The molecule has 1 rings (SSSR count). The molecule has 0 spiro atoms. The number of thiol groups is 2. The summed E-state index contributed by atoms with van der Waals surface area (Å²) in [5.41, 5.74) is 5.61. The van der Waals surface area contributed by atoms with Crippen LogP contribution in [0, 0.1) is 5.92 Å². The van der Waals surface area contributed by atoms with E-state index < -0.39 is 47.9 Å². The van der Waals surface area contributed by atoms with E-state index in [-0.39, 0.29) is 17.4 Å². The van der Waals surface area contributed by atoms with E-state index in [0.29, 0.717) is 25.8 Å². The Morgan fingerprint density at radius 3 is 2.29 bits per heavy atom. The second kappa shape index (κ2) is 11.5. The van der Waals surface area contributed by atoms with Gasteiger partial charge in [0.2, 0.25) is 17.7 Å². The van der Waals surface area contributed by atoms with Crippen LogP contribution in [0.4, 0.5) is 0 Å². The Kier molecular flexibility index (Phi) is 10.1. The fraction of sp³-hybridized carbons (Fsp3) is 0.765. The molecule has 0 saturated carbocycles. The first-order valence-electron chi connectivity index (χ1n) is 9.23. The molecule has 0 aromatic heterocycles. The van der Waals surface area contributed by atoms with Crippen LogP contribution in [-0.4, -0.2) is 75.9 Å². The number of carbonyl (C=O) groups is 4. The van der Waals surface area contributed by atoms with Crippen molar-refractivity contribution in [3.63, 3.8) is 0 Å². The molecule has 3 amide bonds. The predicted molar refractivity (Wildman–Crippen MR) is 111 cm³/mol. The molecule has 1 heterocycles. The quantitative estimate of drug-likeness (QED) is 0.250. The van der Waals surface area contributed by atoms with Gasteiger partial charge >= 0.3 is 5.97 Å². The molecular formula is C17H30N4O5S2. The number of amides is 3. The Bertz CT molecular complexity index is 590. The van der Waals surface area contributed by atoms with Gasteiger partial charge in [-0.25, -0.2) is 4.79 Å². The summed E-state index contributed by atoms with van der Waals surface area (Å²) in [6.45, 7) is 4.07. The Morgan fingerprint density at radius 2 is 1.79 bits per heavy atom. The average Bonchev–Trinajstić information content (AvgIpc) is 3.13. The summed E-state index contributed by atoms with van der Waals surface area (Å²) in [7, 11) is 0. The zero-order chi connectivity index (χ0) is 21.4. The fourth-order valence-corrected chi connectivity index (χ4v) is 3.42. The minimum absolute atomic E-state index is 0.0415. The second-order valence-corrected chi connectivity index (χ2v) is 7.98. The van der Waals surface area contributed by atoms with E-state index in [1.807, 2.05) is 13.8 Å². The van der Waals surface area contributed by atoms with E-state index in [1.165, 1.54) is 4.90 Å². The first-order chi connectivity index (χ1) is 13.1. The fourth-order valence-electron chi connectivity index (χ4n) is 3.01. The van der Waals surface area contributed by atoms with E-state index in [1.54, 1.807) is 0 Å². The Morgan fingerprint density at radius 1 is 1.14 bits per heavy atom. The number of carboxylic acid groups (broad SMARTS) is 1. The van der Waals surface area contributed by atoms with Gasteiger partial charge in [-0.3, -0.25) is 14.4 Å². The van der Waals surface area contributed by atoms with Crippen molar-refractivity contribution in [2.24, 2.45) is 11.7 Å². The van der Waals surface area contributed by atoms with Crippen LogP contribution in [0.2, 0.25) is 0 Å². The van der Waals surface area contributed by atoms with Crippen molar-refractivity contribution in [3.05, 3.63) is 0 Å².